The highest BCUT2D eigenvalue weighted by molar-refractivity contribution is 9.10. The molecule has 5 nitrogen and oxygen atoms in total. The fourth-order valence-electron chi connectivity index (χ4n) is 5.31. The third kappa shape index (κ3) is 4.81. The van der Waals surface area contributed by atoms with Gasteiger partial charge in [-0.2, -0.15) is 0 Å². The van der Waals surface area contributed by atoms with Crippen molar-refractivity contribution in [2.24, 2.45) is 4.99 Å². The number of halogens is 2. The summed E-state index contributed by atoms with van der Waals surface area (Å²) in [5, 5.41) is 0.361. The lowest BCUT2D eigenvalue weighted by atomic mass is 9.83. The van der Waals surface area contributed by atoms with Crippen LogP contribution in [0.5, 0.6) is 11.5 Å². The predicted octanol–water partition coefficient (Wildman–Crippen LogP) is 6.15. The van der Waals surface area contributed by atoms with E-state index in [9.17, 15) is 4.79 Å². The Bertz CT molecular complexity index is 1880. The number of thiazole rings is 1. The standard InChI is InChI=1S/C32H24BrClN2O3S/c1-3-15-39-30-25(34)16-19(17-26(30)38-4-2)18-27-31(37)36-29(21-9-12-22(33)13-10-21)24-14-11-20-7-5-6-8-23(20)28(24)35-32(36)40-27/h1,5-10,12-13,16-18,29H,4,11,14-15H2,2H3. The van der Waals surface area contributed by atoms with E-state index in [1.165, 1.54) is 16.9 Å². The molecule has 8 heteroatoms. The zero-order valence-electron chi connectivity index (χ0n) is 21.6. The third-order valence-corrected chi connectivity index (χ3v) is 8.78. The highest BCUT2D eigenvalue weighted by Gasteiger charge is 2.32. The Hall–Kier alpha value is -3.57. The normalized spacial score (nSPS) is 15.9. The minimum absolute atomic E-state index is 0.0710. The molecule has 0 spiro atoms. The lowest BCUT2D eigenvalue weighted by Crippen LogP contribution is -2.38. The topological polar surface area (TPSA) is 52.8 Å². The van der Waals surface area contributed by atoms with Crippen LogP contribution in [0.4, 0.5) is 0 Å². The maximum absolute atomic E-state index is 14.0. The van der Waals surface area contributed by atoms with Gasteiger partial charge in [0, 0.05) is 10.0 Å². The quantitative estimate of drug-likeness (QED) is 0.240. The van der Waals surface area contributed by atoms with Gasteiger partial charge in [-0.3, -0.25) is 9.36 Å². The molecule has 6 rings (SSSR count). The summed E-state index contributed by atoms with van der Waals surface area (Å²) in [6.07, 6.45) is 8.95. The summed E-state index contributed by atoms with van der Waals surface area (Å²) in [5.41, 5.74) is 6.23. The van der Waals surface area contributed by atoms with Gasteiger partial charge in [-0.25, -0.2) is 4.99 Å². The second kappa shape index (κ2) is 11.1. The van der Waals surface area contributed by atoms with Gasteiger partial charge in [-0.1, -0.05) is 81.2 Å². The number of rotatable bonds is 6. The highest BCUT2D eigenvalue weighted by Crippen LogP contribution is 2.41. The molecule has 1 aliphatic heterocycles. The molecule has 200 valence electrons. The highest BCUT2D eigenvalue weighted by atomic mass is 79.9. The Labute approximate surface area is 249 Å². The van der Waals surface area contributed by atoms with Crippen molar-refractivity contribution in [2.75, 3.05) is 13.2 Å². The summed E-state index contributed by atoms with van der Waals surface area (Å²) >= 11 is 11.5. The number of terminal acetylenes is 1. The molecule has 0 N–H and O–H groups in total. The van der Waals surface area contributed by atoms with Gasteiger partial charge < -0.3 is 9.47 Å². The Morgan fingerprint density at radius 2 is 1.98 bits per heavy atom. The molecule has 1 aromatic heterocycles. The van der Waals surface area contributed by atoms with E-state index in [4.69, 9.17) is 32.5 Å². The van der Waals surface area contributed by atoms with Gasteiger partial charge in [0.15, 0.2) is 16.3 Å². The molecule has 40 heavy (non-hydrogen) atoms. The second-order valence-electron chi connectivity index (χ2n) is 9.42. The van der Waals surface area contributed by atoms with E-state index >= 15 is 0 Å². The zero-order chi connectivity index (χ0) is 27.8. The van der Waals surface area contributed by atoms with E-state index in [0.29, 0.717) is 32.5 Å². The SMILES string of the molecule is C#CCOc1c(Cl)cc(C=c2sc3n(c2=O)C(c2ccc(Br)cc2)C2=C(N=3)c3ccccc3CC2)cc1OCC. The molecule has 1 aliphatic carbocycles. The molecular weight excluding hydrogens is 608 g/mol. The molecule has 0 bridgehead atoms. The molecule has 2 heterocycles. The van der Waals surface area contributed by atoms with Gasteiger partial charge >= 0.3 is 0 Å². The number of ether oxygens (including phenoxy) is 2. The number of hydrogen-bond donors (Lipinski definition) is 0. The van der Waals surface area contributed by atoms with Crippen molar-refractivity contribution in [3.8, 4) is 23.8 Å². The smallest absolute Gasteiger partial charge is 0.271 e. The first-order chi connectivity index (χ1) is 19.5. The summed E-state index contributed by atoms with van der Waals surface area (Å²) in [6, 6.07) is 19.9. The number of benzene rings is 3. The molecule has 0 saturated carbocycles. The van der Waals surface area contributed by atoms with E-state index in [2.05, 4.69) is 52.2 Å². The predicted molar refractivity (Wildman–Crippen MR) is 164 cm³/mol. The van der Waals surface area contributed by atoms with Crippen LogP contribution in [-0.2, 0) is 6.42 Å². The van der Waals surface area contributed by atoms with Gasteiger partial charge in [0.1, 0.15) is 6.61 Å². The van der Waals surface area contributed by atoms with E-state index in [-0.39, 0.29) is 18.2 Å². The van der Waals surface area contributed by atoms with Gasteiger partial charge in [0.2, 0.25) is 0 Å². The fourth-order valence-corrected chi connectivity index (χ4v) is 6.85. The summed E-state index contributed by atoms with van der Waals surface area (Å²) in [7, 11) is 0. The van der Waals surface area contributed by atoms with Crippen LogP contribution in [-0.4, -0.2) is 17.8 Å². The van der Waals surface area contributed by atoms with Crippen molar-refractivity contribution < 1.29 is 9.47 Å². The molecule has 0 radical (unpaired) electrons. The molecule has 0 amide bonds. The van der Waals surface area contributed by atoms with Crippen LogP contribution in [0, 0.1) is 12.3 Å². The lowest BCUT2D eigenvalue weighted by Gasteiger charge is -2.30. The lowest BCUT2D eigenvalue weighted by molar-refractivity contribution is 0.299. The summed E-state index contributed by atoms with van der Waals surface area (Å²) in [6.45, 7) is 2.38. The van der Waals surface area contributed by atoms with Crippen LogP contribution < -0.4 is 24.4 Å². The third-order valence-electron chi connectivity index (χ3n) is 6.99. The maximum Gasteiger partial charge on any atom is 0.271 e. The molecule has 2 aliphatic rings. The molecule has 3 aromatic carbocycles. The maximum atomic E-state index is 14.0. The van der Waals surface area contributed by atoms with E-state index < -0.39 is 0 Å². The molecule has 4 aromatic rings. The van der Waals surface area contributed by atoms with Crippen molar-refractivity contribution in [3.05, 3.63) is 118 Å². The second-order valence-corrected chi connectivity index (χ2v) is 11.8. The van der Waals surface area contributed by atoms with Crippen LogP contribution in [0.25, 0.3) is 11.8 Å². The Balaban J connectivity index is 1.54. The van der Waals surface area contributed by atoms with Crippen LogP contribution in [0.3, 0.4) is 0 Å². The summed E-state index contributed by atoms with van der Waals surface area (Å²) in [5.74, 6) is 3.31. The van der Waals surface area contributed by atoms with Crippen molar-refractivity contribution in [3.63, 3.8) is 0 Å². The van der Waals surface area contributed by atoms with Gasteiger partial charge in [-0.05, 0) is 72.4 Å². The van der Waals surface area contributed by atoms with Crippen LogP contribution >= 0.6 is 38.9 Å². The Kier molecular flexibility index (Phi) is 7.41. The van der Waals surface area contributed by atoms with Gasteiger partial charge in [-0.15, -0.1) is 6.42 Å². The minimum Gasteiger partial charge on any atom is -0.490 e. The monoisotopic (exact) mass is 630 g/mol. The number of hydrogen-bond acceptors (Lipinski definition) is 5. The molecule has 1 atom stereocenters. The number of fused-ring (bicyclic) bond motifs is 3. The van der Waals surface area contributed by atoms with Crippen LogP contribution in [0.2, 0.25) is 5.02 Å². The molecule has 0 fully saturated rings. The molecular formula is C32H24BrClN2O3S. The minimum atomic E-state index is -0.239. The average molecular weight is 632 g/mol. The number of nitrogens with zero attached hydrogens (tertiary/aromatic N) is 2. The molecule has 0 saturated heterocycles. The average Bonchev–Trinajstić information content (AvgIpc) is 3.26. The number of aryl methyl sites for hydroxylation is 1. The summed E-state index contributed by atoms with van der Waals surface area (Å²) in [4.78, 5) is 19.8. The number of aromatic nitrogens is 1. The van der Waals surface area contributed by atoms with Crippen molar-refractivity contribution in [2.45, 2.75) is 25.8 Å². The van der Waals surface area contributed by atoms with Gasteiger partial charge in [0.25, 0.3) is 5.56 Å². The molecule has 1 unspecified atom stereocenters. The van der Waals surface area contributed by atoms with Crippen molar-refractivity contribution >= 4 is 50.6 Å². The van der Waals surface area contributed by atoms with Gasteiger partial charge in [0.05, 0.1) is 27.9 Å². The zero-order valence-corrected chi connectivity index (χ0v) is 24.8. The number of allylic oxidation sites excluding steroid dienone is 1. The fraction of sp³-hybridized carbons (Fsp3) is 0.188. The first-order valence-electron chi connectivity index (χ1n) is 12.9. The largest absolute Gasteiger partial charge is 0.490 e. The van der Waals surface area contributed by atoms with E-state index in [0.717, 1.165) is 45.3 Å². The first kappa shape index (κ1) is 26.6. The van der Waals surface area contributed by atoms with E-state index in [1.807, 2.05) is 41.8 Å². The van der Waals surface area contributed by atoms with Crippen molar-refractivity contribution in [1.29, 1.82) is 0 Å². The first-order valence-corrected chi connectivity index (χ1v) is 14.9. The van der Waals surface area contributed by atoms with Crippen molar-refractivity contribution in [1.82, 2.24) is 4.57 Å². The van der Waals surface area contributed by atoms with Crippen LogP contribution in [0.1, 0.15) is 41.6 Å². The summed E-state index contributed by atoms with van der Waals surface area (Å²) < 4.78 is 14.8. The Morgan fingerprint density at radius 1 is 1.18 bits per heavy atom. The van der Waals surface area contributed by atoms with Crippen LogP contribution in [0.15, 0.2) is 80.5 Å². The van der Waals surface area contributed by atoms with E-state index in [1.54, 1.807) is 6.07 Å². The Morgan fingerprint density at radius 3 is 2.75 bits per heavy atom.